The summed E-state index contributed by atoms with van der Waals surface area (Å²) >= 11 is 8.51. The normalized spacial score (nSPS) is 11.3. The molecule has 0 aliphatic rings. The average Bonchev–Trinajstić information content (AvgIpc) is 3.07. The van der Waals surface area contributed by atoms with Gasteiger partial charge in [0.15, 0.2) is 5.13 Å². The van der Waals surface area contributed by atoms with E-state index in [0.29, 0.717) is 12.1 Å². The lowest BCUT2D eigenvalue weighted by Crippen LogP contribution is -2.38. The van der Waals surface area contributed by atoms with Gasteiger partial charge in [-0.2, -0.15) is 0 Å². The molecule has 0 N–H and O–H groups in total. The van der Waals surface area contributed by atoms with Gasteiger partial charge in [-0.15, -0.1) is 0 Å². The smallest absolute Gasteiger partial charge is 0.260 e. The second-order valence-corrected chi connectivity index (χ2v) is 8.94. The molecule has 0 fully saturated rings. The van der Waals surface area contributed by atoms with Gasteiger partial charge >= 0.3 is 0 Å². The second-order valence-electron chi connectivity index (χ2n) is 6.10. The van der Waals surface area contributed by atoms with Crippen LogP contribution in [0.3, 0.4) is 0 Å². The zero-order chi connectivity index (χ0) is 19.4. The summed E-state index contributed by atoms with van der Waals surface area (Å²) in [5.74, 6) is -0.0263. The Morgan fingerprint density at radius 3 is 2.48 bits per heavy atom. The number of anilines is 1. The first kappa shape index (κ1) is 20.5. The number of fused-ring (bicyclic) bond motifs is 1. The molecule has 0 unspecified atom stereocenters. The Hall–Kier alpha value is -1.28. The van der Waals surface area contributed by atoms with Crippen LogP contribution in [0.5, 0.6) is 0 Å². The summed E-state index contributed by atoms with van der Waals surface area (Å²) in [4.78, 5) is 22.1. The van der Waals surface area contributed by atoms with Gasteiger partial charge in [-0.3, -0.25) is 9.69 Å². The molecule has 0 spiro atoms. The SMILES string of the molecule is CCN(CC)CCN(C(=O)c1cccc(Br)c1)c1nc2ccc(Br)cc2s1. The lowest BCUT2D eigenvalue weighted by molar-refractivity contribution is 0.0983. The lowest BCUT2D eigenvalue weighted by Gasteiger charge is -2.24. The molecule has 4 nitrogen and oxygen atoms in total. The third kappa shape index (κ3) is 4.96. The maximum absolute atomic E-state index is 13.3. The van der Waals surface area contributed by atoms with Crippen LogP contribution in [0.1, 0.15) is 24.2 Å². The van der Waals surface area contributed by atoms with Crippen molar-refractivity contribution in [1.82, 2.24) is 9.88 Å². The van der Waals surface area contributed by atoms with Crippen molar-refractivity contribution in [3.63, 3.8) is 0 Å². The van der Waals surface area contributed by atoms with Gasteiger partial charge in [0.25, 0.3) is 5.91 Å². The van der Waals surface area contributed by atoms with E-state index in [4.69, 9.17) is 4.98 Å². The van der Waals surface area contributed by atoms with Crippen LogP contribution in [0.25, 0.3) is 10.2 Å². The Morgan fingerprint density at radius 1 is 1.04 bits per heavy atom. The van der Waals surface area contributed by atoms with Crippen LogP contribution in [-0.2, 0) is 0 Å². The summed E-state index contributed by atoms with van der Waals surface area (Å²) in [5, 5.41) is 0.736. The molecule has 0 aliphatic heterocycles. The number of halogens is 2. The van der Waals surface area contributed by atoms with Crippen molar-refractivity contribution in [2.75, 3.05) is 31.1 Å². The standard InChI is InChI=1S/C20H21Br2N3OS/c1-3-24(4-2)10-11-25(19(26)14-6-5-7-15(21)12-14)20-23-17-9-8-16(22)13-18(17)27-20/h5-9,12-13H,3-4,10-11H2,1-2H3. The first-order valence-electron chi connectivity index (χ1n) is 8.87. The average molecular weight is 511 g/mol. The first-order valence-corrected chi connectivity index (χ1v) is 11.3. The van der Waals surface area contributed by atoms with Gasteiger partial charge in [0, 0.05) is 27.6 Å². The molecule has 0 radical (unpaired) electrons. The fourth-order valence-electron chi connectivity index (χ4n) is 2.84. The second kappa shape index (κ2) is 9.28. The molecular formula is C20H21Br2N3OS. The summed E-state index contributed by atoms with van der Waals surface area (Å²) in [6.07, 6.45) is 0. The third-order valence-corrected chi connectivity index (χ3v) is 6.45. The fraction of sp³-hybridized carbons (Fsp3) is 0.300. The van der Waals surface area contributed by atoms with Gasteiger partial charge in [-0.1, -0.05) is 63.1 Å². The van der Waals surface area contributed by atoms with Gasteiger partial charge in [-0.05, 0) is 49.5 Å². The minimum atomic E-state index is -0.0263. The molecule has 1 aromatic heterocycles. The Bertz CT molecular complexity index is 940. The zero-order valence-corrected chi connectivity index (χ0v) is 19.3. The Morgan fingerprint density at radius 2 is 1.78 bits per heavy atom. The van der Waals surface area contributed by atoms with Crippen molar-refractivity contribution < 1.29 is 4.79 Å². The highest BCUT2D eigenvalue weighted by atomic mass is 79.9. The number of rotatable bonds is 7. The van der Waals surface area contributed by atoms with E-state index in [1.165, 1.54) is 0 Å². The minimum Gasteiger partial charge on any atom is -0.302 e. The van der Waals surface area contributed by atoms with Gasteiger partial charge < -0.3 is 4.90 Å². The molecule has 3 rings (SSSR count). The summed E-state index contributed by atoms with van der Waals surface area (Å²) in [6.45, 7) is 7.61. The van der Waals surface area contributed by atoms with Crippen LogP contribution < -0.4 is 4.90 Å². The lowest BCUT2D eigenvalue weighted by atomic mass is 10.2. The molecule has 0 atom stereocenters. The maximum atomic E-state index is 13.3. The first-order chi connectivity index (χ1) is 13.0. The highest BCUT2D eigenvalue weighted by Crippen LogP contribution is 2.31. The van der Waals surface area contributed by atoms with Crippen LogP contribution in [0.4, 0.5) is 5.13 Å². The molecule has 0 aliphatic carbocycles. The predicted octanol–water partition coefficient (Wildman–Crippen LogP) is 5.81. The molecule has 0 saturated carbocycles. The van der Waals surface area contributed by atoms with Crippen molar-refractivity contribution >= 4 is 64.5 Å². The van der Waals surface area contributed by atoms with E-state index in [9.17, 15) is 4.79 Å². The number of nitrogens with zero attached hydrogens (tertiary/aromatic N) is 3. The third-order valence-electron chi connectivity index (χ3n) is 4.42. The molecule has 142 valence electrons. The van der Waals surface area contributed by atoms with Crippen molar-refractivity contribution in [2.24, 2.45) is 0 Å². The van der Waals surface area contributed by atoms with E-state index < -0.39 is 0 Å². The summed E-state index contributed by atoms with van der Waals surface area (Å²) < 4.78 is 2.97. The van der Waals surface area contributed by atoms with Crippen molar-refractivity contribution in [2.45, 2.75) is 13.8 Å². The number of aromatic nitrogens is 1. The number of likely N-dealkylation sites (N-methyl/N-ethyl adjacent to an activating group) is 1. The van der Waals surface area contributed by atoms with E-state index >= 15 is 0 Å². The molecule has 0 saturated heterocycles. The highest BCUT2D eigenvalue weighted by Gasteiger charge is 2.22. The number of carbonyl (C=O) groups is 1. The zero-order valence-electron chi connectivity index (χ0n) is 15.3. The number of hydrogen-bond acceptors (Lipinski definition) is 4. The fourth-order valence-corrected chi connectivity index (χ4v) is 4.79. The summed E-state index contributed by atoms with van der Waals surface area (Å²) in [6, 6.07) is 13.5. The summed E-state index contributed by atoms with van der Waals surface area (Å²) in [5.41, 5.74) is 1.57. The monoisotopic (exact) mass is 509 g/mol. The Kier molecular flexibility index (Phi) is 7.03. The number of hydrogen-bond donors (Lipinski definition) is 0. The van der Waals surface area contributed by atoms with Crippen LogP contribution in [-0.4, -0.2) is 42.0 Å². The van der Waals surface area contributed by atoms with Crippen LogP contribution in [0.2, 0.25) is 0 Å². The Balaban J connectivity index is 1.96. The molecule has 0 bridgehead atoms. The van der Waals surface area contributed by atoms with E-state index in [1.807, 2.05) is 42.5 Å². The number of carbonyl (C=O) groups excluding carboxylic acids is 1. The van der Waals surface area contributed by atoms with Crippen LogP contribution >= 0.6 is 43.2 Å². The molecule has 3 aromatic rings. The molecule has 7 heteroatoms. The van der Waals surface area contributed by atoms with Gasteiger partial charge in [0.1, 0.15) is 0 Å². The van der Waals surface area contributed by atoms with Crippen LogP contribution in [0, 0.1) is 0 Å². The van der Waals surface area contributed by atoms with E-state index in [-0.39, 0.29) is 5.91 Å². The largest absolute Gasteiger partial charge is 0.302 e. The predicted molar refractivity (Wildman–Crippen MR) is 121 cm³/mol. The number of thiazole rings is 1. The van der Waals surface area contributed by atoms with E-state index in [2.05, 4.69) is 50.6 Å². The van der Waals surface area contributed by atoms with Crippen molar-refractivity contribution in [3.05, 3.63) is 57.0 Å². The molecule has 2 aromatic carbocycles. The minimum absolute atomic E-state index is 0.0263. The maximum Gasteiger partial charge on any atom is 0.260 e. The van der Waals surface area contributed by atoms with Gasteiger partial charge in [-0.25, -0.2) is 4.98 Å². The topological polar surface area (TPSA) is 36.4 Å². The van der Waals surface area contributed by atoms with E-state index in [1.54, 1.807) is 16.2 Å². The van der Waals surface area contributed by atoms with Crippen molar-refractivity contribution in [1.29, 1.82) is 0 Å². The molecule has 1 amide bonds. The van der Waals surface area contributed by atoms with Crippen LogP contribution in [0.15, 0.2) is 51.4 Å². The number of benzene rings is 2. The number of amides is 1. The molecule has 27 heavy (non-hydrogen) atoms. The summed E-state index contributed by atoms with van der Waals surface area (Å²) in [7, 11) is 0. The van der Waals surface area contributed by atoms with Gasteiger partial charge in [0.2, 0.25) is 0 Å². The van der Waals surface area contributed by atoms with Gasteiger partial charge in [0.05, 0.1) is 10.2 Å². The van der Waals surface area contributed by atoms with E-state index in [0.717, 1.165) is 43.9 Å². The quantitative estimate of drug-likeness (QED) is 0.402. The molecule has 1 heterocycles. The Labute approximate surface area is 180 Å². The molecular weight excluding hydrogens is 490 g/mol. The highest BCUT2D eigenvalue weighted by molar-refractivity contribution is 9.10. The van der Waals surface area contributed by atoms with Crippen molar-refractivity contribution in [3.8, 4) is 0 Å².